The molecule has 3 rings (SSSR count). The molecule has 0 spiro atoms. The third kappa shape index (κ3) is 8.14. The molecule has 0 bridgehead atoms. The fourth-order valence-electron chi connectivity index (χ4n) is 8.02. The first-order valence-corrected chi connectivity index (χ1v) is 15.5. The SMILES string of the molecule is C=C1/C(=C\C=C2CCC[C@@]3(C)C2CC[C@@H]3[C@H](C)CCCC(OC(C)=O)(C(F)(F)F)C(F)(F)F)C[C@@H](OC(C)=O)C[C@H]1OC(C)=O. The van der Waals surface area contributed by atoms with Crippen LogP contribution in [-0.2, 0) is 28.6 Å². The highest BCUT2D eigenvalue weighted by Gasteiger charge is 2.73. The van der Waals surface area contributed by atoms with Gasteiger partial charge in [-0.3, -0.25) is 14.4 Å². The Morgan fingerprint density at radius 1 is 0.978 bits per heavy atom. The first-order chi connectivity index (χ1) is 20.7. The van der Waals surface area contributed by atoms with Gasteiger partial charge in [0.25, 0.3) is 0 Å². The van der Waals surface area contributed by atoms with Crippen LogP contribution in [0.2, 0.25) is 0 Å². The van der Waals surface area contributed by atoms with E-state index < -0.39 is 60.9 Å². The lowest BCUT2D eigenvalue weighted by Crippen LogP contribution is -2.59. The van der Waals surface area contributed by atoms with Crippen molar-refractivity contribution in [3.8, 4) is 0 Å². The highest BCUT2D eigenvalue weighted by molar-refractivity contribution is 5.68. The Morgan fingerprint density at radius 2 is 1.60 bits per heavy atom. The summed E-state index contributed by atoms with van der Waals surface area (Å²) >= 11 is 0. The van der Waals surface area contributed by atoms with E-state index in [0.717, 1.165) is 37.7 Å². The van der Waals surface area contributed by atoms with E-state index in [4.69, 9.17) is 9.47 Å². The second kappa shape index (κ2) is 13.9. The van der Waals surface area contributed by atoms with Crippen LogP contribution in [0.25, 0.3) is 0 Å². The first kappa shape index (κ1) is 36.7. The Morgan fingerprint density at radius 3 is 2.16 bits per heavy atom. The van der Waals surface area contributed by atoms with Gasteiger partial charge in [-0.05, 0) is 72.8 Å². The molecule has 0 saturated heterocycles. The average Bonchev–Trinajstić information content (AvgIpc) is 3.24. The summed E-state index contributed by atoms with van der Waals surface area (Å²) in [5.41, 5.74) is -2.06. The molecule has 1 unspecified atom stereocenters. The maximum absolute atomic E-state index is 13.7. The van der Waals surface area contributed by atoms with Gasteiger partial charge in [-0.15, -0.1) is 0 Å². The van der Waals surface area contributed by atoms with Crippen molar-refractivity contribution in [3.05, 3.63) is 35.5 Å². The van der Waals surface area contributed by atoms with Crippen molar-refractivity contribution in [3.63, 3.8) is 0 Å². The van der Waals surface area contributed by atoms with Crippen molar-refractivity contribution < 1.29 is 54.9 Å². The molecular weight excluding hydrogens is 606 g/mol. The van der Waals surface area contributed by atoms with Crippen LogP contribution in [0.5, 0.6) is 0 Å². The lowest BCUT2D eigenvalue weighted by molar-refractivity contribution is -0.371. The highest BCUT2D eigenvalue weighted by Crippen LogP contribution is 2.60. The molecule has 0 heterocycles. The molecule has 0 aliphatic heterocycles. The van der Waals surface area contributed by atoms with Crippen LogP contribution in [-0.4, -0.2) is 48.1 Å². The molecule has 3 aliphatic carbocycles. The standard InChI is InChI=1S/C33H44F6O6/c1-19(9-7-16-31(32(34,35)36,33(37,38)39)45-23(5)42)27-13-14-28-24(10-8-15-30(27,28)6)11-12-25-17-26(43-21(3)40)18-29(20(25)2)44-22(4)41/h11-12,19,26-29H,2,7-10,13-18H2,1,3-6H3/b24-11?,25-12-/t19-,26-,27-,28?,29-,30-/m1/s1. The smallest absolute Gasteiger partial charge is 0.437 e. The van der Waals surface area contributed by atoms with E-state index in [0.29, 0.717) is 25.3 Å². The quantitative estimate of drug-likeness (QED) is 0.142. The molecule has 3 aliphatic rings. The van der Waals surface area contributed by atoms with Gasteiger partial charge in [0.15, 0.2) is 0 Å². The molecule has 12 heteroatoms. The summed E-state index contributed by atoms with van der Waals surface area (Å²) in [6, 6.07) is 0. The van der Waals surface area contributed by atoms with Gasteiger partial charge in [-0.1, -0.05) is 44.6 Å². The van der Waals surface area contributed by atoms with Gasteiger partial charge in [-0.2, -0.15) is 26.3 Å². The number of carbonyl (C=O) groups excluding carboxylic acids is 3. The molecule has 0 amide bonds. The number of rotatable bonds is 9. The minimum absolute atomic E-state index is 0.0880. The Kier molecular flexibility index (Phi) is 11.3. The number of allylic oxidation sites excluding steroid dienone is 3. The number of hydrogen-bond acceptors (Lipinski definition) is 6. The Labute approximate surface area is 260 Å². The molecule has 3 fully saturated rings. The van der Waals surface area contributed by atoms with Gasteiger partial charge in [0.05, 0.1) is 0 Å². The van der Waals surface area contributed by atoms with E-state index in [1.807, 2.05) is 13.0 Å². The number of fused-ring (bicyclic) bond motifs is 1. The van der Waals surface area contributed by atoms with E-state index >= 15 is 0 Å². The largest absolute Gasteiger partial charge is 0.462 e. The van der Waals surface area contributed by atoms with Gasteiger partial charge in [0, 0.05) is 40.0 Å². The Balaban J connectivity index is 1.77. The predicted octanol–water partition coefficient (Wildman–Crippen LogP) is 8.50. The van der Waals surface area contributed by atoms with E-state index in [2.05, 4.69) is 24.3 Å². The van der Waals surface area contributed by atoms with Gasteiger partial charge < -0.3 is 14.2 Å². The fraction of sp³-hybridized carbons (Fsp3) is 0.727. The molecular formula is C33H44F6O6. The second-order valence-electron chi connectivity index (χ2n) is 13.1. The van der Waals surface area contributed by atoms with Crippen LogP contribution in [0.15, 0.2) is 35.5 Å². The van der Waals surface area contributed by atoms with Gasteiger partial charge >= 0.3 is 35.9 Å². The average molecular weight is 651 g/mol. The number of ether oxygens (including phenoxy) is 3. The summed E-state index contributed by atoms with van der Waals surface area (Å²) in [4.78, 5) is 34.6. The topological polar surface area (TPSA) is 78.9 Å². The molecule has 0 aromatic carbocycles. The molecule has 254 valence electrons. The maximum atomic E-state index is 13.7. The van der Waals surface area contributed by atoms with E-state index in [1.165, 1.54) is 19.4 Å². The number of alkyl halides is 6. The van der Waals surface area contributed by atoms with Crippen LogP contribution in [0.3, 0.4) is 0 Å². The summed E-state index contributed by atoms with van der Waals surface area (Å²) in [6.45, 7) is 11.3. The number of carbonyl (C=O) groups is 3. The van der Waals surface area contributed by atoms with Gasteiger partial charge in [0.2, 0.25) is 0 Å². The summed E-state index contributed by atoms with van der Waals surface area (Å²) in [5.74, 6) is -2.42. The second-order valence-corrected chi connectivity index (χ2v) is 13.1. The molecule has 3 saturated carbocycles. The summed E-state index contributed by atoms with van der Waals surface area (Å²) in [7, 11) is 0. The van der Waals surface area contributed by atoms with E-state index in [1.54, 1.807) is 0 Å². The lowest BCUT2D eigenvalue weighted by Gasteiger charge is -2.44. The van der Waals surface area contributed by atoms with Gasteiger partial charge in [-0.25, -0.2) is 0 Å². The normalized spacial score (nSPS) is 30.2. The summed E-state index contributed by atoms with van der Waals surface area (Å²) in [5, 5.41) is 0. The monoisotopic (exact) mass is 650 g/mol. The zero-order chi connectivity index (χ0) is 34.0. The van der Waals surface area contributed by atoms with Crippen LogP contribution >= 0.6 is 0 Å². The van der Waals surface area contributed by atoms with Crippen molar-refractivity contribution in [2.75, 3.05) is 0 Å². The van der Waals surface area contributed by atoms with Crippen LogP contribution in [0, 0.1) is 23.2 Å². The van der Waals surface area contributed by atoms with Crippen molar-refractivity contribution in [1.29, 1.82) is 0 Å². The van der Waals surface area contributed by atoms with Crippen molar-refractivity contribution in [2.45, 2.75) is 129 Å². The molecule has 6 nitrogen and oxygen atoms in total. The third-order valence-corrected chi connectivity index (χ3v) is 10.0. The maximum Gasteiger partial charge on any atom is 0.437 e. The van der Waals surface area contributed by atoms with Crippen molar-refractivity contribution >= 4 is 17.9 Å². The molecule has 0 aromatic heterocycles. The Bertz CT molecular complexity index is 1190. The Hall–Kier alpha value is -2.79. The highest BCUT2D eigenvalue weighted by atomic mass is 19.4. The van der Waals surface area contributed by atoms with Crippen molar-refractivity contribution in [1.82, 2.24) is 0 Å². The van der Waals surface area contributed by atoms with Crippen LogP contribution in [0.4, 0.5) is 26.3 Å². The van der Waals surface area contributed by atoms with E-state index in [-0.39, 0.29) is 29.6 Å². The fourth-order valence-corrected chi connectivity index (χ4v) is 8.02. The molecule has 6 atom stereocenters. The summed E-state index contributed by atoms with van der Waals surface area (Å²) in [6.07, 6.45) is -5.37. The van der Waals surface area contributed by atoms with Crippen LogP contribution < -0.4 is 0 Å². The predicted molar refractivity (Wildman–Crippen MR) is 153 cm³/mol. The molecule has 0 aromatic rings. The number of halogens is 6. The minimum Gasteiger partial charge on any atom is -0.462 e. The van der Waals surface area contributed by atoms with Crippen molar-refractivity contribution in [2.24, 2.45) is 23.2 Å². The zero-order valence-corrected chi connectivity index (χ0v) is 26.5. The summed E-state index contributed by atoms with van der Waals surface area (Å²) < 4.78 is 97.1. The number of esters is 3. The number of hydrogen-bond donors (Lipinski definition) is 0. The zero-order valence-electron chi connectivity index (χ0n) is 26.5. The van der Waals surface area contributed by atoms with Crippen LogP contribution in [0.1, 0.15) is 98.8 Å². The lowest BCUT2D eigenvalue weighted by atomic mass is 9.60. The molecule has 0 N–H and O–H groups in total. The third-order valence-electron chi connectivity index (χ3n) is 10.0. The van der Waals surface area contributed by atoms with E-state index in [9.17, 15) is 40.7 Å². The minimum atomic E-state index is -5.80. The first-order valence-electron chi connectivity index (χ1n) is 15.5. The molecule has 45 heavy (non-hydrogen) atoms. The molecule has 0 radical (unpaired) electrons. The van der Waals surface area contributed by atoms with Gasteiger partial charge in [0.1, 0.15) is 12.2 Å².